The largest absolute Gasteiger partial charge is 0.310 e. The average Bonchev–Trinajstić information content (AvgIpc) is 3.65. The molecule has 8 aromatic carbocycles. The molecule has 0 spiro atoms. The first kappa shape index (κ1) is 28.3. The SMILES string of the molecule is CC1(C)c2ccccc2-c2ccc(N(c3ccc4ccccc4c3)c3ccc(-c4ccccc4)c4sc5c6ccccc6ccc5c34)cc21. The van der Waals surface area contributed by atoms with Crippen molar-refractivity contribution in [2.45, 2.75) is 19.3 Å². The van der Waals surface area contributed by atoms with Crippen molar-refractivity contribution in [1.82, 2.24) is 0 Å². The summed E-state index contributed by atoms with van der Waals surface area (Å²) in [4.78, 5) is 2.50. The highest BCUT2D eigenvalue weighted by Gasteiger charge is 2.36. The molecule has 1 heterocycles. The average molecular weight is 644 g/mol. The summed E-state index contributed by atoms with van der Waals surface area (Å²) in [7, 11) is 0. The Labute approximate surface area is 290 Å². The minimum absolute atomic E-state index is 0.0997. The molecule has 1 aliphatic rings. The molecule has 0 atom stereocenters. The lowest BCUT2D eigenvalue weighted by atomic mass is 9.82. The fourth-order valence-corrected chi connectivity index (χ4v) is 9.59. The van der Waals surface area contributed by atoms with E-state index in [0.717, 1.165) is 5.69 Å². The summed E-state index contributed by atoms with van der Waals surface area (Å²) in [6, 6.07) is 60.6. The number of hydrogen-bond donors (Lipinski definition) is 0. The van der Waals surface area contributed by atoms with Gasteiger partial charge in [-0.15, -0.1) is 11.3 Å². The lowest BCUT2D eigenvalue weighted by Gasteiger charge is -2.29. The van der Waals surface area contributed by atoms with Crippen molar-refractivity contribution >= 4 is 70.1 Å². The fraction of sp³-hybridized carbons (Fsp3) is 0.0638. The van der Waals surface area contributed by atoms with Crippen LogP contribution in [-0.2, 0) is 5.41 Å². The predicted octanol–water partition coefficient (Wildman–Crippen LogP) is 13.8. The number of benzene rings is 8. The van der Waals surface area contributed by atoms with Crippen LogP contribution in [-0.4, -0.2) is 0 Å². The number of fused-ring (bicyclic) bond motifs is 9. The van der Waals surface area contributed by atoms with E-state index in [1.165, 1.54) is 86.5 Å². The van der Waals surface area contributed by atoms with Crippen molar-refractivity contribution < 1.29 is 0 Å². The molecule has 1 nitrogen and oxygen atoms in total. The zero-order chi connectivity index (χ0) is 32.7. The second-order valence-corrected chi connectivity index (χ2v) is 14.8. The van der Waals surface area contributed by atoms with E-state index in [4.69, 9.17) is 0 Å². The zero-order valence-electron chi connectivity index (χ0n) is 27.4. The number of anilines is 3. The van der Waals surface area contributed by atoms with E-state index < -0.39 is 0 Å². The van der Waals surface area contributed by atoms with E-state index >= 15 is 0 Å². The minimum atomic E-state index is -0.0997. The van der Waals surface area contributed by atoms with E-state index in [1.54, 1.807) is 0 Å². The van der Waals surface area contributed by atoms with Gasteiger partial charge >= 0.3 is 0 Å². The van der Waals surface area contributed by atoms with Gasteiger partial charge < -0.3 is 4.90 Å². The van der Waals surface area contributed by atoms with Crippen LogP contribution in [0.25, 0.3) is 64.0 Å². The van der Waals surface area contributed by atoms with Gasteiger partial charge in [-0.05, 0) is 85.3 Å². The maximum atomic E-state index is 2.50. The fourth-order valence-electron chi connectivity index (χ4n) is 8.20. The molecule has 9 aromatic rings. The molecule has 232 valence electrons. The highest BCUT2D eigenvalue weighted by molar-refractivity contribution is 7.27. The third-order valence-corrected chi connectivity index (χ3v) is 11.9. The number of nitrogens with zero attached hydrogens (tertiary/aromatic N) is 1. The lowest BCUT2D eigenvalue weighted by molar-refractivity contribution is 0.660. The maximum absolute atomic E-state index is 2.50. The van der Waals surface area contributed by atoms with Gasteiger partial charge in [-0.1, -0.05) is 147 Å². The molecule has 0 saturated carbocycles. The van der Waals surface area contributed by atoms with E-state index in [2.05, 4.69) is 183 Å². The van der Waals surface area contributed by atoms with Gasteiger partial charge in [0.25, 0.3) is 0 Å². The van der Waals surface area contributed by atoms with Gasteiger partial charge in [0.05, 0.1) is 5.69 Å². The van der Waals surface area contributed by atoms with Crippen LogP contribution >= 0.6 is 11.3 Å². The van der Waals surface area contributed by atoms with Gasteiger partial charge in [-0.25, -0.2) is 0 Å². The molecule has 49 heavy (non-hydrogen) atoms. The van der Waals surface area contributed by atoms with Crippen molar-refractivity contribution in [3.8, 4) is 22.3 Å². The molecule has 0 aliphatic heterocycles. The summed E-state index contributed by atoms with van der Waals surface area (Å²) in [6.07, 6.45) is 0. The number of hydrogen-bond acceptors (Lipinski definition) is 2. The molecule has 1 aromatic heterocycles. The number of thiophene rings is 1. The molecule has 1 aliphatic carbocycles. The van der Waals surface area contributed by atoms with Gasteiger partial charge in [0.1, 0.15) is 0 Å². The highest BCUT2D eigenvalue weighted by atomic mass is 32.1. The maximum Gasteiger partial charge on any atom is 0.0555 e. The Morgan fingerprint density at radius 1 is 0.449 bits per heavy atom. The molecule has 0 radical (unpaired) electrons. The molecule has 0 amide bonds. The Morgan fingerprint density at radius 2 is 1.10 bits per heavy atom. The van der Waals surface area contributed by atoms with Crippen molar-refractivity contribution in [2.75, 3.05) is 4.90 Å². The third kappa shape index (κ3) is 4.24. The van der Waals surface area contributed by atoms with Crippen LogP contribution in [0, 0.1) is 0 Å². The van der Waals surface area contributed by atoms with Gasteiger partial charge in [0.15, 0.2) is 0 Å². The summed E-state index contributed by atoms with van der Waals surface area (Å²) in [6.45, 7) is 4.73. The van der Waals surface area contributed by atoms with Crippen LogP contribution < -0.4 is 4.90 Å². The Kier molecular flexibility index (Phi) is 6.16. The first-order valence-electron chi connectivity index (χ1n) is 17.0. The quantitative estimate of drug-likeness (QED) is 0.184. The number of rotatable bonds is 4. The van der Waals surface area contributed by atoms with E-state index in [9.17, 15) is 0 Å². The normalized spacial score (nSPS) is 13.3. The van der Waals surface area contributed by atoms with Crippen LogP contribution in [0.4, 0.5) is 17.1 Å². The predicted molar refractivity (Wildman–Crippen MR) is 212 cm³/mol. The van der Waals surface area contributed by atoms with Crippen LogP contribution in [0.1, 0.15) is 25.0 Å². The van der Waals surface area contributed by atoms with Crippen molar-refractivity contribution in [3.63, 3.8) is 0 Å². The topological polar surface area (TPSA) is 3.24 Å². The molecule has 10 rings (SSSR count). The summed E-state index contributed by atoms with van der Waals surface area (Å²) in [5.74, 6) is 0. The molecule has 0 fully saturated rings. The second kappa shape index (κ2) is 10.7. The highest BCUT2D eigenvalue weighted by Crippen LogP contribution is 2.53. The molecule has 2 heteroatoms. The van der Waals surface area contributed by atoms with E-state index in [-0.39, 0.29) is 5.41 Å². The molecule has 0 unspecified atom stereocenters. The van der Waals surface area contributed by atoms with Crippen molar-refractivity contribution in [3.05, 3.63) is 175 Å². The molecular formula is C47H33NS. The minimum Gasteiger partial charge on any atom is -0.310 e. The first-order valence-corrected chi connectivity index (χ1v) is 17.8. The van der Waals surface area contributed by atoms with Gasteiger partial charge in [0.2, 0.25) is 0 Å². The Hall–Kier alpha value is -5.70. The van der Waals surface area contributed by atoms with E-state index in [0.29, 0.717) is 0 Å². The van der Waals surface area contributed by atoms with Crippen LogP contribution in [0.2, 0.25) is 0 Å². The van der Waals surface area contributed by atoms with Crippen molar-refractivity contribution in [1.29, 1.82) is 0 Å². The summed E-state index contributed by atoms with van der Waals surface area (Å²) < 4.78 is 2.65. The van der Waals surface area contributed by atoms with Gasteiger partial charge in [-0.3, -0.25) is 0 Å². The monoisotopic (exact) mass is 643 g/mol. The molecular weight excluding hydrogens is 611 g/mol. The summed E-state index contributed by atoms with van der Waals surface area (Å²) >= 11 is 1.92. The lowest BCUT2D eigenvalue weighted by Crippen LogP contribution is -2.16. The van der Waals surface area contributed by atoms with Crippen LogP contribution in [0.5, 0.6) is 0 Å². The smallest absolute Gasteiger partial charge is 0.0555 e. The molecule has 0 bridgehead atoms. The third-order valence-electron chi connectivity index (χ3n) is 10.6. The van der Waals surface area contributed by atoms with Gasteiger partial charge in [0, 0.05) is 37.0 Å². The molecule has 0 N–H and O–H groups in total. The summed E-state index contributed by atoms with van der Waals surface area (Å²) in [5, 5.41) is 7.65. The summed E-state index contributed by atoms with van der Waals surface area (Å²) in [5.41, 5.74) is 11.4. The van der Waals surface area contributed by atoms with Gasteiger partial charge in [-0.2, -0.15) is 0 Å². The van der Waals surface area contributed by atoms with Crippen LogP contribution in [0.15, 0.2) is 164 Å². The standard InChI is InChI=1S/C47H33NS/c1-47(2)41-19-11-10-18-38(41)39-25-23-35(29-42(39)47)48(34-22-20-30-12-6-7-16-33(30)28-34)43-27-26-37(31-13-4-3-5-14-31)46-44(43)40-24-21-32-15-8-9-17-36(32)45(40)49-46/h3-29H,1-2H3. The van der Waals surface area contributed by atoms with Crippen molar-refractivity contribution in [2.24, 2.45) is 0 Å². The van der Waals surface area contributed by atoms with Crippen LogP contribution in [0.3, 0.4) is 0 Å². The Balaban J connectivity index is 1.30. The van der Waals surface area contributed by atoms with E-state index in [1.807, 2.05) is 11.3 Å². The first-order chi connectivity index (χ1) is 24.1. The molecule has 0 saturated heterocycles. The zero-order valence-corrected chi connectivity index (χ0v) is 28.3. The Morgan fingerprint density at radius 3 is 1.98 bits per heavy atom. The second-order valence-electron chi connectivity index (χ2n) is 13.7. The Bertz CT molecular complexity index is 2750.